The van der Waals surface area contributed by atoms with E-state index in [0.717, 1.165) is 17.7 Å². The number of nitrogens with zero attached hydrogens (tertiary/aromatic N) is 1. The molecule has 0 saturated heterocycles. The smallest absolute Gasteiger partial charge is 0.268 e. The Labute approximate surface area is 147 Å². The molecule has 24 heavy (non-hydrogen) atoms. The van der Waals surface area contributed by atoms with E-state index in [1.165, 1.54) is 16.7 Å². The average molecular weight is 345 g/mol. The van der Waals surface area contributed by atoms with Gasteiger partial charge in [-0.3, -0.25) is 14.5 Å². The van der Waals surface area contributed by atoms with Gasteiger partial charge in [0.1, 0.15) is 5.75 Å². The van der Waals surface area contributed by atoms with Gasteiger partial charge in [0.2, 0.25) is 0 Å². The minimum absolute atomic E-state index is 0.211. The molecule has 5 heteroatoms. The minimum atomic E-state index is -0.259. The van der Waals surface area contributed by atoms with Crippen LogP contribution in [0.25, 0.3) is 5.57 Å². The largest absolute Gasteiger partial charge is 0.494 e. The minimum Gasteiger partial charge on any atom is -0.494 e. The van der Waals surface area contributed by atoms with Gasteiger partial charge in [-0.1, -0.05) is 39.0 Å². The van der Waals surface area contributed by atoms with Crippen LogP contribution in [0.2, 0.25) is 0 Å². The number of ether oxygens (including phenoxy) is 1. The molecule has 4 nitrogen and oxygen atoms in total. The quantitative estimate of drug-likeness (QED) is 0.530. The lowest BCUT2D eigenvalue weighted by atomic mass is 10.1. The normalized spacial score (nSPS) is 14.8. The summed E-state index contributed by atoms with van der Waals surface area (Å²) in [4.78, 5) is 27.1. The molecule has 128 valence electrons. The molecule has 2 amide bonds. The number of carbonyl (C=O) groups is 2. The van der Waals surface area contributed by atoms with Crippen LogP contribution in [0, 0.1) is 0 Å². The number of hydrogen-bond acceptors (Lipinski definition) is 4. The van der Waals surface area contributed by atoms with E-state index in [1.807, 2.05) is 45.0 Å². The summed E-state index contributed by atoms with van der Waals surface area (Å²) < 4.78 is 5.58. The summed E-state index contributed by atoms with van der Waals surface area (Å²) in [5.41, 5.74) is 1.22. The van der Waals surface area contributed by atoms with Crippen molar-refractivity contribution in [3.05, 3.63) is 47.4 Å². The molecule has 0 aromatic heterocycles. The monoisotopic (exact) mass is 345 g/mol. The molecule has 0 bridgehead atoms. The van der Waals surface area contributed by atoms with Gasteiger partial charge in [-0.15, -0.1) is 18.3 Å². The molecule has 1 aromatic rings. The van der Waals surface area contributed by atoms with E-state index in [2.05, 4.69) is 6.58 Å². The topological polar surface area (TPSA) is 46.6 Å². The highest BCUT2D eigenvalue weighted by Crippen LogP contribution is 2.38. The first kappa shape index (κ1) is 18.3. The van der Waals surface area contributed by atoms with Gasteiger partial charge in [0.15, 0.2) is 0 Å². The van der Waals surface area contributed by atoms with Crippen molar-refractivity contribution in [2.24, 2.45) is 0 Å². The van der Waals surface area contributed by atoms with Crippen LogP contribution in [0.1, 0.15) is 32.8 Å². The van der Waals surface area contributed by atoms with E-state index in [-0.39, 0.29) is 23.6 Å². The molecule has 0 radical (unpaired) electrons. The average Bonchev–Trinajstić information content (AvgIpc) is 2.78. The van der Waals surface area contributed by atoms with Crippen molar-refractivity contribution in [3.63, 3.8) is 0 Å². The second kappa shape index (κ2) is 8.20. The van der Waals surface area contributed by atoms with Crippen molar-refractivity contribution < 1.29 is 14.3 Å². The lowest BCUT2D eigenvalue weighted by Gasteiger charge is -2.12. The predicted molar refractivity (Wildman–Crippen MR) is 98.8 cm³/mol. The van der Waals surface area contributed by atoms with Crippen LogP contribution >= 0.6 is 11.8 Å². The molecule has 0 atom stereocenters. The van der Waals surface area contributed by atoms with Gasteiger partial charge in [0.05, 0.1) is 17.1 Å². The van der Waals surface area contributed by atoms with Crippen molar-refractivity contribution in [1.82, 2.24) is 4.90 Å². The zero-order valence-electron chi connectivity index (χ0n) is 14.4. The third-order valence-electron chi connectivity index (χ3n) is 3.41. The maximum absolute atomic E-state index is 12.7. The number of imide groups is 1. The highest BCUT2D eigenvalue weighted by Gasteiger charge is 2.38. The first-order valence-electron chi connectivity index (χ1n) is 8.10. The van der Waals surface area contributed by atoms with Gasteiger partial charge in [-0.05, 0) is 24.1 Å². The Hall–Kier alpha value is -2.01. The second-order valence-electron chi connectivity index (χ2n) is 5.75. The zero-order chi connectivity index (χ0) is 17.7. The lowest BCUT2D eigenvalue weighted by Crippen LogP contribution is -2.31. The maximum atomic E-state index is 12.7. The molecule has 1 aliphatic heterocycles. The van der Waals surface area contributed by atoms with E-state index in [9.17, 15) is 9.59 Å². The third-order valence-corrected chi connectivity index (χ3v) is 4.49. The number of amides is 2. The van der Waals surface area contributed by atoms with E-state index in [4.69, 9.17) is 4.74 Å². The van der Waals surface area contributed by atoms with E-state index in [0.29, 0.717) is 17.1 Å². The SMILES string of the molecule is C=CCN1C(=O)C(SC(C)C)=C(c2ccc(OCCC)cc2)C1=O. The number of benzene rings is 1. The van der Waals surface area contributed by atoms with Crippen LogP contribution in [0.3, 0.4) is 0 Å². The van der Waals surface area contributed by atoms with E-state index in [1.54, 1.807) is 6.08 Å². The number of rotatable bonds is 8. The van der Waals surface area contributed by atoms with Gasteiger partial charge in [0, 0.05) is 11.8 Å². The van der Waals surface area contributed by atoms with Crippen LogP contribution < -0.4 is 4.74 Å². The van der Waals surface area contributed by atoms with Crippen molar-refractivity contribution >= 4 is 29.1 Å². The van der Waals surface area contributed by atoms with Crippen LogP contribution in [0.4, 0.5) is 0 Å². The Morgan fingerprint density at radius 3 is 2.42 bits per heavy atom. The van der Waals surface area contributed by atoms with Crippen molar-refractivity contribution in [2.45, 2.75) is 32.4 Å². The van der Waals surface area contributed by atoms with Crippen LogP contribution in [0.5, 0.6) is 5.75 Å². The zero-order valence-corrected chi connectivity index (χ0v) is 15.2. The highest BCUT2D eigenvalue weighted by molar-refractivity contribution is 8.04. The number of carbonyl (C=O) groups excluding carboxylic acids is 2. The summed E-state index contributed by atoms with van der Waals surface area (Å²) in [6.07, 6.45) is 2.50. The fourth-order valence-electron chi connectivity index (χ4n) is 2.39. The lowest BCUT2D eigenvalue weighted by molar-refractivity contribution is -0.135. The molecule has 0 aliphatic carbocycles. The first-order chi connectivity index (χ1) is 11.5. The maximum Gasteiger partial charge on any atom is 0.268 e. The van der Waals surface area contributed by atoms with Gasteiger partial charge in [-0.25, -0.2) is 0 Å². The molecule has 2 rings (SSSR count). The number of thioether (sulfide) groups is 1. The predicted octanol–water partition coefficient (Wildman–Crippen LogP) is 3.88. The number of hydrogen-bond donors (Lipinski definition) is 0. The van der Waals surface area contributed by atoms with Crippen LogP contribution in [0.15, 0.2) is 41.8 Å². The fourth-order valence-corrected chi connectivity index (χ4v) is 3.39. The van der Waals surface area contributed by atoms with Crippen molar-refractivity contribution in [2.75, 3.05) is 13.2 Å². The van der Waals surface area contributed by atoms with Gasteiger partial charge < -0.3 is 4.74 Å². The Balaban J connectivity index is 2.38. The Kier molecular flexibility index (Phi) is 6.26. The van der Waals surface area contributed by atoms with E-state index >= 15 is 0 Å². The summed E-state index contributed by atoms with van der Waals surface area (Å²) in [5, 5.41) is 0.211. The highest BCUT2D eigenvalue weighted by atomic mass is 32.2. The van der Waals surface area contributed by atoms with Crippen LogP contribution in [-0.4, -0.2) is 35.1 Å². The molecule has 0 unspecified atom stereocenters. The molecule has 0 spiro atoms. The van der Waals surface area contributed by atoms with Gasteiger partial charge >= 0.3 is 0 Å². The van der Waals surface area contributed by atoms with Crippen LogP contribution in [-0.2, 0) is 9.59 Å². The summed E-state index contributed by atoms with van der Waals surface area (Å²) in [5.74, 6) is 0.268. The molecular formula is C19H23NO3S. The standard InChI is InChI=1S/C19H23NO3S/c1-5-11-20-18(21)16(17(19(20)22)24-13(3)4)14-7-9-15(10-8-14)23-12-6-2/h5,7-10,13H,1,6,11-12H2,2-4H3. The van der Waals surface area contributed by atoms with Crippen molar-refractivity contribution in [1.29, 1.82) is 0 Å². The summed E-state index contributed by atoms with van der Waals surface area (Å²) in [7, 11) is 0. The Morgan fingerprint density at radius 2 is 1.88 bits per heavy atom. The summed E-state index contributed by atoms with van der Waals surface area (Å²) >= 11 is 1.43. The first-order valence-corrected chi connectivity index (χ1v) is 8.98. The van der Waals surface area contributed by atoms with Crippen molar-refractivity contribution in [3.8, 4) is 5.75 Å². The van der Waals surface area contributed by atoms with Gasteiger partial charge in [0.25, 0.3) is 11.8 Å². The Bertz CT molecular complexity index is 662. The summed E-state index contributed by atoms with van der Waals surface area (Å²) in [6.45, 7) is 10.6. The molecule has 0 saturated carbocycles. The summed E-state index contributed by atoms with van der Waals surface area (Å²) in [6, 6.07) is 7.35. The molecule has 1 heterocycles. The molecule has 1 aliphatic rings. The molecular weight excluding hydrogens is 322 g/mol. The van der Waals surface area contributed by atoms with Gasteiger partial charge in [-0.2, -0.15) is 0 Å². The molecule has 0 fully saturated rings. The second-order valence-corrected chi connectivity index (χ2v) is 7.34. The molecule has 1 aromatic carbocycles. The van der Waals surface area contributed by atoms with E-state index < -0.39 is 0 Å². The fraction of sp³-hybridized carbons (Fsp3) is 0.368. The third kappa shape index (κ3) is 3.90. The Morgan fingerprint density at radius 1 is 1.21 bits per heavy atom. The molecule has 0 N–H and O–H groups in total.